The molecule has 4 rings (SSSR count). The van der Waals surface area contributed by atoms with Crippen molar-refractivity contribution < 1.29 is 12.8 Å². The molecular weight excluding hydrogens is 403 g/mol. The minimum absolute atomic E-state index is 0.107. The summed E-state index contributed by atoms with van der Waals surface area (Å²) < 4.78 is 42.2. The van der Waals surface area contributed by atoms with E-state index in [1.54, 1.807) is 30.3 Å². The van der Waals surface area contributed by atoms with E-state index in [1.807, 2.05) is 17.9 Å². The van der Waals surface area contributed by atoms with Crippen LogP contribution in [0.25, 0.3) is 11.3 Å². The predicted molar refractivity (Wildman–Crippen MR) is 115 cm³/mol. The lowest BCUT2D eigenvalue weighted by Gasteiger charge is -2.30. The highest BCUT2D eigenvalue weighted by Gasteiger charge is 2.21. The highest BCUT2D eigenvalue weighted by Crippen LogP contribution is 2.34. The highest BCUT2D eigenvalue weighted by atomic mass is 32.2. The summed E-state index contributed by atoms with van der Waals surface area (Å²) in [5.41, 5.74) is 2.64. The number of nitrogens with one attached hydrogen (secondary N) is 1. The second-order valence-corrected chi connectivity index (χ2v) is 9.09. The van der Waals surface area contributed by atoms with E-state index in [-0.39, 0.29) is 16.5 Å². The Bertz CT molecular complexity index is 1130. The summed E-state index contributed by atoms with van der Waals surface area (Å²) in [6.07, 6.45) is 3.20. The van der Waals surface area contributed by atoms with Crippen LogP contribution in [-0.4, -0.2) is 31.7 Å². The molecule has 0 aliphatic carbocycles. The van der Waals surface area contributed by atoms with Crippen LogP contribution in [-0.2, 0) is 10.0 Å². The summed E-state index contributed by atoms with van der Waals surface area (Å²) in [7, 11) is -3.76. The van der Waals surface area contributed by atoms with E-state index >= 15 is 0 Å². The number of rotatable bonds is 5. The normalized spacial score (nSPS) is 14.5. The number of hydrogen-bond donors (Lipinski definition) is 1. The lowest BCUT2D eigenvalue weighted by atomic mass is 10.0. The van der Waals surface area contributed by atoms with E-state index in [1.165, 1.54) is 18.2 Å². The molecule has 0 amide bonds. The average molecular weight is 427 g/mol. The zero-order valence-corrected chi connectivity index (χ0v) is 17.5. The van der Waals surface area contributed by atoms with Crippen LogP contribution in [0, 0.1) is 12.7 Å². The van der Waals surface area contributed by atoms with Crippen molar-refractivity contribution in [2.75, 3.05) is 22.7 Å². The zero-order valence-electron chi connectivity index (χ0n) is 16.7. The van der Waals surface area contributed by atoms with Crippen molar-refractivity contribution in [1.82, 2.24) is 10.2 Å². The molecule has 30 heavy (non-hydrogen) atoms. The molecule has 2 aromatic carbocycles. The molecule has 0 bridgehead atoms. The molecule has 2 heterocycles. The molecule has 1 saturated heterocycles. The second kappa shape index (κ2) is 8.39. The molecule has 156 valence electrons. The number of para-hydroxylation sites is 1. The van der Waals surface area contributed by atoms with Crippen molar-refractivity contribution in [2.45, 2.75) is 31.1 Å². The number of halogens is 1. The first kappa shape index (κ1) is 20.3. The van der Waals surface area contributed by atoms with Crippen LogP contribution in [0.1, 0.15) is 24.8 Å². The molecule has 0 saturated carbocycles. The summed E-state index contributed by atoms with van der Waals surface area (Å²) >= 11 is 0. The molecule has 1 aliphatic rings. The summed E-state index contributed by atoms with van der Waals surface area (Å²) in [5, 5.41) is 8.19. The Kier molecular flexibility index (Phi) is 5.67. The minimum Gasteiger partial charge on any atom is -0.369 e. The van der Waals surface area contributed by atoms with Gasteiger partial charge in [-0.2, -0.15) is 0 Å². The van der Waals surface area contributed by atoms with E-state index in [4.69, 9.17) is 0 Å². The fourth-order valence-electron chi connectivity index (χ4n) is 3.61. The Labute approximate surface area is 175 Å². The van der Waals surface area contributed by atoms with Crippen LogP contribution in [0.5, 0.6) is 0 Å². The lowest BCUT2D eigenvalue weighted by molar-refractivity contribution is 0.557. The van der Waals surface area contributed by atoms with Gasteiger partial charge in [0.2, 0.25) is 0 Å². The maximum atomic E-state index is 14.7. The Hall–Kier alpha value is -3.00. The van der Waals surface area contributed by atoms with Crippen LogP contribution in [0.15, 0.2) is 59.5 Å². The SMILES string of the molecule is Cc1ccc(S(=O)(=O)Nc2ccc(-c3cccc(F)c3N3CCCCC3)nn2)cc1. The van der Waals surface area contributed by atoms with Gasteiger partial charge < -0.3 is 4.90 Å². The standard InChI is InChI=1S/C22H23FN4O2S/c1-16-8-10-17(11-9-16)30(28,29)26-21-13-12-20(24-25-21)18-6-5-7-19(23)22(18)27-14-3-2-4-15-27/h5-13H,2-4,14-15H2,1H3,(H,25,26). The topological polar surface area (TPSA) is 75.2 Å². The van der Waals surface area contributed by atoms with Crippen LogP contribution < -0.4 is 9.62 Å². The number of aryl methyl sites for hydroxylation is 1. The Morgan fingerprint density at radius 1 is 0.933 bits per heavy atom. The number of sulfonamides is 1. The minimum atomic E-state index is -3.76. The molecule has 3 aromatic rings. The number of benzene rings is 2. The molecule has 0 atom stereocenters. The van der Waals surface area contributed by atoms with Gasteiger partial charge in [0, 0.05) is 18.7 Å². The van der Waals surface area contributed by atoms with Crippen LogP contribution in [0.3, 0.4) is 0 Å². The van der Waals surface area contributed by atoms with Gasteiger partial charge in [0.25, 0.3) is 10.0 Å². The van der Waals surface area contributed by atoms with Gasteiger partial charge in [0.1, 0.15) is 5.82 Å². The molecule has 6 nitrogen and oxygen atoms in total. The third-order valence-electron chi connectivity index (χ3n) is 5.17. The summed E-state index contributed by atoms with van der Waals surface area (Å²) in [5.74, 6) is -0.185. The maximum absolute atomic E-state index is 14.7. The van der Waals surface area contributed by atoms with Crippen molar-refractivity contribution in [3.8, 4) is 11.3 Å². The fraction of sp³-hybridized carbons (Fsp3) is 0.273. The van der Waals surface area contributed by atoms with Gasteiger partial charge in [-0.25, -0.2) is 12.8 Å². The number of hydrogen-bond acceptors (Lipinski definition) is 5. The Balaban J connectivity index is 1.60. The van der Waals surface area contributed by atoms with Crippen LogP contribution in [0.4, 0.5) is 15.9 Å². The summed E-state index contributed by atoms with van der Waals surface area (Å²) in [4.78, 5) is 2.20. The fourth-order valence-corrected chi connectivity index (χ4v) is 4.60. The van der Waals surface area contributed by atoms with Crippen LogP contribution in [0.2, 0.25) is 0 Å². The maximum Gasteiger partial charge on any atom is 0.263 e. The molecular formula is C22H23FN4O2S. The summed E-state index contributed by atoms with van der Waals surface area (Å²) in [6.45, 7) is 3.49. The van der Waals surface area contributed by atoms with Gasteiger partial charge in [-0.15, -0.1) is 10.2 Å². The Morgan fingerprint density at radius 3 is 2.33 bits per heavy atom. The number of piperidine rings is 1. The Morgan fingerprint density at radius 2 is 1.67 bits per heavy atom. The largest absolute Gasteiger partial charge is 0.369 e. The second-order valence-electron chi connectivity index (χ2n) is 7.41. The van der Waals surface area contributed by atoms with Crippen molar-refractivity contribution in [3.05, 3.63) is 66.0 Å². The number of nitrogens with zero attached hydrogens (tertiary/aromatic N) is 3. The molecule has 1 aromatic heterocycles. The molecule has 1 fully saturated rings. The van der Waals surface area contributed by atoms with E-state index in [0.717, 1.165) is 37.9 Å². The first-order valence-corrected chi connectivity index (χ1v) is 11.4. The molecule has 1 aliphatic heterocycles. The highest BCUT2D eigenvalue weighted by molar-refractivity contribution is 7.92. The molecule has 1 N–H and O–H groups in total. The molecule has 0 unspecified atom stereocenters. The molecule has 0 spiro atoms. The van der Waals surface area contributed by atoms with Crippen molar-refractivity contribution in [2.24, 2.45) is 0 Å². The van der Waals surface area contributed by atoms with Gasteiger partial charge in [-0.3, -0.25) is 4.72 Å². The monoisotopic (exact) mass is 426 g/mol. The first-order chi connectivity index (χ1) is 14.4. The smallest absolute Gasteiger partial charge is 0.263 e. The van der Waals surface area contributed by atoms with Gasteiger partial charge in [-0.1, -0.05) is 29.8 Å². The van der Waals surface area contributed by atoms with Gasteiger partial charge >= 0.3 is 0 Å². The van der Waals surface area contributed by atoms with E-state index in [2.05, 4.69) is 14.9 Å². The average Bonchev–Trinajstić information content (AvgIpc) is 2.75. The predicted octanol–water partition coefficient (Wildman–Crippen LogP) is 4.38. The zero-order chi connectivity index (χ0) is 21.1. The van der Waals surface area contributed by atoms with Gasteiger partial charge in [-0.05, 0) is 56.5 Å². The first-order valence-electron chi connectivity index (χ1n) is 9.91. The summed E-state index contributed by atoms with van der Waals surface area (Å²) in [6, 6.07) is 14.6. The van der Waals surface area contributed by atoms with Crippen LogP contribution >= 0.6 is 0 Å². The lowest BCUT2D eigenvalue weighted by Crippen LogP contribution is -2.30. The van der Waals surface area contributed by atoms with Crippen molar-refractivity contribution in [1.29, 1.82) is 0 Å². The van der Waals surface area contributed by atoms with E-state index < -0.39 is 10.0 Å². The van der Waals surface area contributed by atoms with Crippen molar-refractivity contribution >= 4 is 21.5 Å². The third-order valence-corrected chi connectivity index (χ3v) is 6.54. The van der Waals surface area contributed by atoms with Gasteiger partial charge in [0.05, 0.1) is 16.3 Å². The van der Waals surface area contributed by atoms with Gasteiger partial charge in [0.15, 0.2) is 5.82 Å². The third kappa shape index (κ3) is 4.28. The number of anilines is 2. The molecule has 0 radical (unpaired) electrons. The quantitative estimate of drug-likeness (QED) is 0.655. The number of aromatic nitrogens is 2. The van der Waals surface area contributed by atoms with Crippen molar-refractivity contribution in [3.63, 3.8) is 0 Å². The van der Waals surface area contributed by atoms with E-state index in [9.17, 15) is 12.8 Å². The molecule has 8 heteroatoms. The van der Waals surface area contributed by atoms with E-state index in [0.29, 0.717) is 16.9 Å².